The largest absolute Gasteiger partial charge is 0.368 e. The van der Waals surface area contributed by atoms with Crippen molar-refractivity contribution in [3.05, 3.63) is 12.2 Å². The van der Waals surface area contributed by atoms with E-state index in [-0.39, 0.29) is 12.0 Å². The molecule has 0 saturated carbocycles. The predicted molar refractivity (Wildman–Crippen MR) is 50.2 cm³/mol. The second-order valence-corrected chi connectivity index (χ2v) is 2.95. The van der Waals surface area contributed by atoms with Gasteiger partial charge in [-0.3, -0.25) is 4.79 Å². The maximum absolute atomic E-state index is 11.3. The molecule has 4 heteroatoms. The molecule has 1 fully saturated rings. The molecular weight excluding hydrogens is 168 g/mol. The van der Waals surface area contributed by atoms with E-state index < -0.39 is 0 Å². The molecule has 0 aromatic carbocycles. The zero-order valence-corrected chi connectivity index (χ0v) is 7.66. The summed E-state index contributed by atoms with van der Waals surface area (Å²) in [7, 11) is 0. The van der Waals surface area contributed by atoms with Gasteiger partial charge in [-0.1, -0.05) is 12.2 Å². The van der Waals surface area contributed by atoms with Crippen molar-refractivity contribution in [3.8, 4) is 0 Å². The second-order valence-electron chi connectivity index (χ2n) is 2.95. The molecule has 0 spiro atoms. The Labute approximate surface area is 78.1 Å². The van der Waals surface area contributed by atoms with Gasteiger partial charge in [-0.15, -0.1) is 0 Å². The van der Waals surface area contributed by atoms with Crippen LogP contribution in [0, 0.1) is 0 Å². The lowest BCUT2D eigenvalue weighted by molar-refractivity contribution is -0.129. The van der Waals surface area contributed by atoms with E-state index in [0.29, 0.717) is 19.7 Å². The predicted octanol–water partition coefficient (Wildman–Crippen LogP) is -0.204. The van der Waals surface area contributed by atoms with Crippen LogP contribution in [0.3, 0.4) is 0 Å². The molecule has 1 aliphatic rings. The Balaban J connectivity index is 2.13. The normalized spacial score (nSPS) is 22.4. The lowest BCUT2D eigenvalue weighted by atomic mass is 10.2. The molecule has 1 saturated heterocycles. The van der Waals surface area contributed by atoms with Crippen LogP contribution in [0.2, 0.25) is 0 Å². The SMILES string of the molecule is NC/C=C/CNC(=O)[C@@H]1CCCO1. The first kappa shape index (κ1) is 10.2. The smallest absolute Gasteiger partial charge is 0.249 e. The van der Waals surface area contributed by atoms with Crippen molar-refractivity contribution in [3.63, 3.8) is 0 Å². The molecule has 1 atom stereocenters. The average Bonchev–Trinajstić information content (AvgIpc) is 2.65. The molecule has 74 valence electrons. The molecule has 1 aliphatic heterocycles. The van der Waals surface area contributed by atoms with Gasteiger partial charge in [0.05, 0.1) is 0 Å². The summed E-state index contributed by atoms with van der Waals surface area (Å²) in [5.74, 6) is -0.0147. The van der Waals surface area contributed by atoms with Crippen molar-refractivity contribution >= 4 is 5.91 Å². The third-order valence-corrected chi connectivity index (χ3v) is 1.92. The fraction of sp³-hybridized carbons (Fsp3) is 0.667. The van der Waals surface area contributed by atoms with Gasteiger partial charge in [0.2, 0.25) is 5.91 Å². The van der Waals surface area contributed by atoms with Crippen molar-refractivity contribution in [2.45, 2.75) is 18.9 Å². The monoisotopic (exact) mass is 184 g/mol. The highest BCUT2D eigenvalue weighted by Gasteiger charge is 2.22. The molecule has 0 aliphatic carbocycles. The first-order valence-corrected chi connectivity index (χ1v) is 4.59. The lowest BCUT2D eigenvalue weighted by Crippen LogP contribution is -2.34. The minimum absolute atomic E-state index is 0.0147. The summed E-state index contributed by atoms with van der Waals surface area (Å²) in [4.78, 5) is 11.3. The highest BCUT2D eigenvalue weighted by Crippen LogP contribution is 2.11. The highest BCUT2D eigenvalue weighted by atomic mass is 16.5. The van der Waals surface area contributed by atoms with Crippen LogP contribution in [0.15, 0.2) is 12.2 Å². The third kappa shape index (κ3) is 3.57. The van der Waals surface area contributed by atoms with Crippen LogP contribution >= 0.6 is 0 Å². The van der Waals surface area contributed by atoms with E-state index in [1.807, 2.05) is 12.2 Å². The number of nitrogens with one attached hydrogen (secondary N) is 1. The molecule has 13 heavy (non-hydrogen) atoms. The number of nitrogens with two attached hydrogens (primary N) is 1. The number of ether oxygens (including phenoxy) is 1. The van der Waals surface area contributed by atoms with Crippen molar-refractivity contribution in [2.24, 2.45) is 5.73 Å². The van der Waals surface area contributed by atoms with Crippen LogP contribution in [0.1, 0.15) is 12.8 Å². The Morgan fingerprint density at radius 3 is 3.08 bits per heavy atom. The Hall–Kier alpha value is -0.870. The van der Waals surface area contributed by atoms with Crippen molar-refractivity contribution in [2.75, 3.05) is 19.7 Å². The number of hydrogen-bond acceptors (Lipinski definition) is 3. The van der Waals surface area contributed by atoms with E-state index in [1.165, 1.54) is 0 Å². The molecule has 0 radical (unpaired) electrons. The summed E-state index contributed by atoms with van der Waals surface area (Å²) in [6.07, 6.45) is 5.25. The maximum atomic E-state index is 11.3. The number of carbonyl (C=O) groups excluding carboxylic acids is 1. The first-order valence-electron chi connectivity index (χ1n) is 4.59. The van der Waals surface area contributed by atoms with E-state index in [9.17, 15) is 4.79 Å². The number of rotatable bonds is 4. The van der Waals surface area contributed by atoms with Crippen LogP contribution in [-0.4, -0.2) is 31.7 Å². The van der Waals surface area contributed by atoms with Gasteiger partial charge in [-0.05, 0) is 12.8 Å². The van der Waals surface area contributed by atoms with Crippen molar-refractivity contribution < 1.29 is 9.53 Å². The number of amides is 1. The van der Waals surface area contributed by atoms with Gasteiger partial charge in [-0.25, -0.2) is 0 Å². The topological polar surface area (TPSA) is 64.3 Å². The molecule has 1 heterocycles. The summed E-state index contributed by atoms with van der Waals surface area (Å²) < 4.78 is 5.21. The van der Waals surface area contributed by atoms with Crippen LogP contribution in [0.5, 0.6) is 0 Å². The van der Waals surface area contributed by atoms with Gasteiger partial charge in [0, 0.05) is 19.7 Å². The van der Waals surface area contributed by atoms with E-state index >= 15 is 0 Å². The molecule has 0 aromatic rings. The average molecular weight is 184 g/mol. The van der Waals surface area contributed by atoms with Crippen LogP contribution in [0.4, 0.5) is 0 Å². The van der Waals surface area contributed by atoms with E-state index in [4.69, 9.17) is 10.5 Å². The van der Waals surface area contributed by atoms with E-state index in [1.54, 1.807) is 0 Å². The third-order valence-electron chi connectivity index (χ3n) is 1.92. The molecule has 0 bridgehead atoms. The van der Waals surface area contributed by atoms with Crippen molar-refractivity contribution in [1.82, 2.24) is 5.32 Å². The van der Waals surface area contributed by atoms with Crippen LogP contribution in [-0.2, 0) is 9.53 Å². The van der Waals surface area contributed by atoms with Gasteiger partial charge in [-0.2, -0.15) is 0 Å². The maximum Gasteiger partial charge on any atom is 0.249 e. The summed E-state index contributed by atoms with van der Waals surface area (Å²) in [6, 6.07) is 0. The molecule has 1 amide bonds. The molecule has 4 nitrogen and oxygen atoms in total. The van der Waals surface area contributed by atoms with E-state index in [0.717, 1.165) is 12.8 Å². The van der Waals surface area contributed by atoms with Gasteiger partial charge in [0.1, 0.15) is 6.10 Å². The lowest BCUT2D eigenvalue weighted by Gasteiger charge is -2.07. The standard InChI is InChI=1S/C9H16N2O2/c10-5-1-2-6-11-9(12)8-4-3-7-13-8/h1-2,8H,3-7,10H2,(H,11,12)/b2-1+/t8-/m0/s1. The summed E-state index contributed by atoms with van der Waals surface area (Å²) >= 11 is 0. The molecule has 0 unspecified atom stereocenters. The zero-order valence-electron chi connectivity index (χ0n) is 7.66. The highest BCUT2D eigenvalue weighted by molar-refractivity contribution is 5.81. The van der Waals surface area contributed by atoms with Gasteiger partial charge in [0.25, 0.3) is 0 Å². The molecule has 0 aromatic heterocycles. The van der Waals surface area contributed by atoms with Crippen LogP contribution in [0.25, 0.3) is 0 Å². The van der Waals surface area contributed by atoms with Crippen LogP contribution < -0.4 is 11.1 Å². The second kappa shape index (κ2) is 5.72. The Morgan fingerprint density at radius 1 is 1.62 bits per heavy atom. The van der Waals surface area contributed by atoms with Gasteiger partial charge < -0.3 is 15.8 Å². The fourth-order valence-corrected chi connectivity index (χ4v) is 1.24. The molecule has 1 rings (SSSR count). The van der Waals surface area contributed by atoms with E-state index in [2.05, 4.69) is 5.32 Å². The molecular formula is C9H16N2O2. The number of hydrogen-bond donors (Lipinski definition) is 2. The summed E-state index contributed by atoms with van der Waals surface area (Å²) in [5, 5.41) is 2.75. The van der Waals surface area contributed by atoms with Gasteiger partial charge in [0.15, 0.2) is 0 Å². The fourth-order valence-electron chi connectivity index (χ4n) is 1.24. The minimum Gasteiger partial charge on any atom is -0.368 e. The molecule has 3 N–H and O–H groups in total. The Morgan fingerprint density at radius 2 is 2.46 bits per heavy atom. The van der Waals surface area contributed by atoms with Crippen molar-refractivity contribution in [1.29, 1.82) is 0 Å². The summed E-state index contributed by atoms with van der Waals surface area (Å²) in [5.41, 5.74) is 5.24. The van der Waals surface area contributed by atoms with Gasteiger partial charge >= 0.3 is 0 Å². The first-order chi connectivity index (χ1) is 6.34. The Bertz CT molecular complexity index is 186. The summed E-state index contributed by atoms with van der Waals surface area (Å²) in [6.45, 7) is 1.75. The quantitative estimate of drug-likeness (QED) is 0.594. The minimum atomic E-state index is -0.230. The Kier molecular flexibility index (Phi) is 4.49. The number of carbonyl (C=O) groups is 1. The zero-order chi connectivity index (χ0) is 9.52.